The van der Waals surface area contributed by atoms with Crippen molar-refractivity contribution in [3.05, 3.63) is 0 Å². The van der Waals surface area contributed by atoms with Crippen molar-refractivity contribution in [3.63, 3.8) is 0 Å². The molecule has 13 nitrogen and oxygen atoms in total. The minimum absolute atomic E-state index is 0. The third kappa shape index (κ3) is 6.54. The van der Waals surface area contributed by atoms with E-state index in [-0.39, 0.29) is 17.1 Å². The zero-order valence-corrected chi connectivity index (χ0v) is 14.8. The van der Waals surface area contributed by atoms with Gasteiger partial charge in [-0.05, 0) is 0 Å². The molecule has 0 aliphatic carbocycles. The summed E-state index contributed by atoms with van der Waals surface area (Å²) in [6.45, 7) is -1.54. The standard InChI is InChI=1S/C13H24O13.Fe/c14-1-4-6(17)8(19)11(22)13(26-4)25-2-3(15)5(16)7(18)9(20)10(21)12(23)24;/h3-11,13-22H,1-2H2,(H,23,24);/t3?,4-,5?,6-,7?,8+,9?,10?,11-,13+;/m1./s1. The van der Waals surface area contributed by atoms with Crippen LogP contribution in [0.15, 0.2) is 0 Å². The monoisotopic (exact) mass is 444 g/mol. The molecule has 1 aliphatic heterocycles. The molecule has 1 heterocycles. The molecule has 14 heteroatoms. The van der Waals surface area contributed by atoms with E-state index in [1.54, 1.807) is 0 Å². The second-order valence-corrected chi connectivity index (χ2v) is 5.85. The normalized spacial score (nSPS) is 34.0. The Kier molecular flexibility index (Phi) is 11.3. The molecular formula is C13H24FeO13. The van der Waals surface area contributed by atoms with Gasteiger partial charge in [0.2, 0.25) is 0 Å². The van der Waals surface area contributed by atoms with Gasteiger partial charge in [0.1, 0.15) is 48.8 Å². The van der Waals surface area contributed by atoms with Crippen molar-refractivity contribution in [2.24, 2.45) is 0 Å². The number of hydrogen-bond donors (Lipinski definition) is 10. The fourth-order valence-electron chi connectivity index (χ4n) is 2.26. The third-order valence-electron chi connectivity index (χ3n) is 3.95. The Morgan fingerprint density at radius 2 is 1.48 bits per heavy atom. The second kappa shape index (κ2) is 11.5. The van der Waals surface area contributed by atoms with Gasteiger partial charge in [0.25, 0.3) is 0 Å². The first-order valence-electron chi connectivity index (χ1n) is 7.58. The molecule has 1 aliphatic rings. The molecule has 0 aromatic rings. The summed E-state index contributed by atoms with van der Waals surface area (Å²) in [5.41, 5.74) is 0. The number of carbonyl (C=O) groups is 1. The predicted octanol–water partition coefficient (Wildman–Crippen LogP) is -6.31. The van der Waals surface area contributed by atoms with Crippen LogP contribution in [0.5, 0.6) is 0 Å². The van der Waals surface area contributed by atoms with Crippen molar-refractivity contribution in [2.75, 3.05) is 13.2 Å². The van der Waals surface area contributed by atoms with E-state index in [9.17, 15) is 40.5 Å². The van der Waals surface area contributed by atoms with Crippen molar-refractivity contribution >= 4 is 5.97 Å². The molecular weight excluding hydrogens is 420 g/mol. The van der Waals surface area contributed by atoms with Crippen molar-refractivity contribution in [1.29, 1.82) is 0 Å². The molecule has 1 saturated heterocycles. The molecule has 0 aromatic carbocycles. The molecule has 0 bridgehead atoms. The molecule has 162 valence electrons. The summed E-state index contributed by atoms with van der Waals surface area (Å²) in [5, 5.41) is 94.0. The Labute approximate surface area is 163 Å². The Hall–Kier alpha value is -0.451. The van der Waals surface area contributed by atoms with E-state index in [2.05, 4.69) is 0 Å². The fraction of sp³-hybridized carbons (Fsp3) is 0.923. The third-order valence-corrected chi connectivity index (χ3v) is 3.95. The van der Waals surface area contributed by atoms with Gasteiger partial charge in [0.15, 0.2) is 12.4 Å². The molecule has 10 atom stereocenters. The largest absolute Gasteiger partial charge is 0.479 e. The van der Waals surface area contributed by atoms with Gasteiger partial charge in [0, 0.05) is 17.1 Å². The maximum absolute atomic E-state index is 10.5. The van der Waals surface area contributed by atoms with Gasteiger partial charge < -0.3 is 60.5 Å². The summed E-state index contributed by atoms with van der Waals surface area (Å²) in [5.74, 6) is -1.86. The van der Waals surface area contributed by atoms with Gasteiger partial charge in [-0.3, -0.25) is 0 Å². The van der Waals surface area contributed by atoms with Crippen LogP contribution < -0.4 is 0 Å². The Morgan fingerprint density at radius 3 is 1.96 bits per heavy atom. The quantitative estimate of drug-likeness (QED) is 0.149. The van der Waals surface area contributed by atoms with Crippen molar-refractivity contribution in [3.8, 4) is 0 Å². The van der Waals surface area contributed by atoms with Gasteiger partial charge in [0.05, 0.1) is 13.2 Å². The number of carboxylic acids is 1. The molecule has 0 amide bonds. The van der Waals surface area contributed by atoms with E-state index < -0.39 is 80.4 Å². The molecule has 1 rings (SSSR count). The molecule has 0 spiro atoms. The summed E-state index contributed by atoms with van der Waals surface area (Å²) >= 11 is 0. The van der Waals surface area contributed by atoms with Crippen molar-refractivity contribution < 1.29 is 82.4 Å². The Morgan fingerprint density at radius 1 is 0.926 bits per heavy atom. The molecule has 1 fully saturated rings. The molecule has 10 N–H and O–H groups in total. The Balaban J connectivity index is 0.00000676. The van der Waals surface area contributed by atoms with Crippen LogP contribution in [0.4, 0.5) is 0 Å². The Bertz CT molecular complexity index is 452. The summed E-state index contributed by atoms with van der Waals surface area (Å²) in [4.78, 5) is 10.5. The summed E-state index contributed by atoms with van der Waals surface area (Å²) in [6.07, 6.45) is -19.1. The molecule has 0 saturated carbocycles. The molecule has 0 aromatic heterocycles. The van der Waals surface area contributed by atoms with Gasteiger partial charge in [-0.25, -0.2) is 4.79 Å². The SMILES string of the molecule is O=C(O)C(O)C(O)C(O)C(O)C(O)CO[C@H]1O[C@H](CO)[C@@H](O)[C@H](O)[C@H]1O.[Fe]. The van der Waals surface area contributed by atoms with Gasteiger partial charge in [-0.2, -0.15) is 0 Å². The van der Waals surface area contributed by atoms with E-state index in [1.165, 1.54) is 0 Å². The van der Waals surface area contributed by atoms with E-state index in [0.29, 0.717) is 0 Å². The molecule has 0 radical (unpaired) electrons. The summed E-state index contributed by atoms with van der Waals surface area (Å²) < 4.78 is 9.91. The number of carboxylic acid groups (broad SMARTS) is 1. The molecule has 27 heavy (non-hydrogen) atoms. The van der Waals surface area contributed by atoms with E-state index in [1.807, 2.05) is 0 Å². The zero-order valence-electron chi connectivity index (χ0n) is 13.7. The molecule has 5 unspecified atom stereocenters. The topological polar surface area (TPSA) is 238 Å². The van der Waals surface area contributed by atoms with Gasteiger partial charge in [-0.15, -0.1) is 0 Å². The van der Waals surface area contributed by atoms with E-state index >= 15 is 0 Å². The average molecular weight is 444 g/mol. The zero-order chi connectivity index (χ0) is 20.2. The van der Waals surface area contributed by atoms with Crippen LogP contribution in [0.2, 0.25) is 0 Å². The number of ether oxygens (including phenoxy) is 2. The summed E-state index contributed by atoms with van der Waals surface area (Å²) in [6, 6.07) is 0. The maximum Gasteiger partial charge on any atom is 0.335 e. The van der Waals surface area contributed by atoms with Gasteiger partial charge in [-0.1, -0.05) is 0 Å². The van der Waals surface area contributed by atoms with Crippen LogP contribution in [0.3, 0.4) is 0 Å². The fourth-order valence-corrected chi connectivity index (χ4v) is 2.26. The number of aliphatic carboxylic acids is 1. The van der Waals surface area contributed by atoms with Crippen LogP contribution in [0.25, 0.3) is 0 Å². The maximum atomic E-state index is 10.5. The van der Waals surface area contributed by atoms with Crippen molar-refractivity contribution in [2.45, 2.75) is 61.2 Å². The minimum atomic E-state index is -2.42. The van der Waals surface area contributed by atoms with E-state index in [0.717, 1.165) is 0 Å². The smallest absolute Gasteiger partial charge is 0.335 e. The first-order chi connectivity index (χ1) is 12.0. The number of aliphatic hydroxyl groups is 9. The first-order valence-corrected chi connectivity index (χ1v) is 7.58. The van der Waals surface area contributed by atoms with Crippen LogP contribution in [0.1, 0.15) is 0 Å². The van der Waals surface area contributed by atoms with Crippen LogP contribution in [-0.4, -0.2) is 131 Å². The van der Waals surface area contributed by atoms with Crippen molar-refractivity contribution in [1.82, 2.24) is 0 Å². The van der Waals surface area contributed by atoms with Crippen LogP contribution in [0, 0.1) is 0 Å². The number of hydrogen-bond acceptors (Lipinski definition) is 12. The van der Waals surface area contributed by atoms with Gasteiger partial charge >= 0.3 is 5.97 Å². The average Bonchev–Trinajstić information content (AvgIpc) is 2.62. The van der Waals surface area contributed by atoms with Crippen LogP contribution in [-0.2, 0) is 31.3 Å². The number of rotatable bonds is 9. The minimum Gasteiger partial charge on any atom is -0.479 e. The summed E-state index contributed by atoms with van der Waals surface area (Å²) in [7, 11) is 0. The number of aliphatic hydroxyl groups excluding tert-OH is 9. The van der Waals surface area contributed by atoms with E-state index in [4.69, 9.17) is 24.8 Å². The van der Waals surface area contributed by atoms with Crippen LogP contribution >= 0.6 is 0 Å². The first kappa shape index (κ1) is 26.5. The second-order valence-electron chi connectivity index (χ2n) is 5.85. The predicted molar refractivity (Wildman–Crippen MR) is 77.4 cm³/mol.